The standard InChI is InChI=1S/C16H20O/c1-9-7-14-10(2)11(3)16(5,6)15(14)8-13(9)12(4)17/h7-8H,1-6H3. The zero-order chi connectivity index (χ0) is 13.0. The largest absolute Gasteiger partial charge is 0.295 e. The second-order valence-electron chi connectivity index (χ2n) is 5.64. The molecule has 1 aliphatic rings. The quantitative estimate of drug-likeness (QED) is 0.656. The smallest absolute Gasteiger partial charge is 0.160 e. The molecule has 1 aliphatic carbocycles. The first-order chi connectivity index (χ1) is 7.76. The van der Waals surface area contributed by atoms with Crippen molar-refractivity contribution in [2.24, 2.45) is 0 Å². The summed E-state index contributed by atoms with van der Waals surface area (Å²) in [6.07, 6.45) is 0. The minimum Gasteiger partial charge on any atom is -0.295 e. The fourth-order valence-corrected chi connectivity index (χ4v) is 2.79. The summed E-state index contributed by atoms with van der Waals surface area (Å²) < 4.78 is 0. The van der Waals surface area contributed by atoms with Crippen LogP contribution in [0, 0.1) is 6.92 Å². The van der Waals surface area contributed by atoms with E-state index < -0.39 is 0 Å². The molecule has 1 heteroatoms. The molecular weight excluding hydrogens is 208 g/mol. The third-order valence-corrected chi connectivity index (χ3v) is 4.32. The third kappa shape index (κ3) is 1.56. The highest BCUT2D eigenvalue weighted by Gasteiger charge is 2.34. The van der Waals surface area contributed by atoms with Gasteiger partial charge >= 0.3 is 0 Å². The summed E-state index contributed by atoms with van der Waals surface area (Å²) in [7, 11) is 0. The molecule has 0 aromatic heterocycles. The van der Waals surface area contributed by atoms with Crippen LogP contribution >= 0.6 is 0 Å². The fourth-order valence-electron chi connectivity index (χ4n) is 2.79. The van der Waals surface area contributed by atoms with Crippen molar-refractivity contribution in [3.05, 3.63) is 40.0 Å². The normalized spacial score (nSPS) is 17.3. The van der Waals surface area contributed by atoms with Crippen LogP contribution in [0.2, 0.25) is 0 Å². The molecular formula is C16H20O. The van der Waals surface area contributed by atoms with Crippen molar-refractivity contribution in [3.8, 4) is 0 Å². The van der Waals surface area contributed by atoms with Gasteiger partial charge in [-0.05, 0) is 56.0 Å². The summed E-state index contributed by atoms with van der Waals surface area (Å²) in [6.45, 7) is 12.5. The van der Waals surface area contributed by atoms with Crippen LogP contribution in [0.3, 0.4) is 0 Å². The third-order valence-electron chi connectivity index (χ3n) is 4.32. The number of hydrogen-bond acceptors (Lipinski definition) is 1. The molecule has 0 spiro atoms. The van der Waals surface area contributed by atoms with E-state index in [1.54, 1.807) is 6.92 Å². The van der Waals surface area contributed by atoms with E-state index in [1.165, 1.54) is 22.3 Å². The van der Waals surface area contributed by atoms with Gasteiger partial charge in [-0.3, -0.25) is 4.79 Å². The molecule has 90 valence electrons. The Hall–Kier alpha value is -1.37. The Morgan fingerprint density at radius 2 is 1.71 bits per heavy atom. The second-order valence-corrected chi connectivity index (χ2v) is 5.64. The van der Waals surface area contributed by atoms with Crippen molar-refractivity contribution in [1.29, 1.82) is 0 Å². The molecule has 1 aromatic carbocycles. The highest BCUT2D eigenvalue weighted by Crippen LogP contribution is 2.46. The Bertz CT molecular complexity index is 545. The molecule has 17 heavy (non-hydrogen) atoms. The molecule has 0 fully saturated rings. The molecule has 0 heterocycles. The van der Waals surface area contributed by atoms with E-state index in [9.17, 15) is 4.79 Å². The Balaban J connectivity index is 2.75. The number of carbonyl (C=O) groups is 1. The Labute approximate surface area is 104 Å². The lowest BCUT2D eigenvalue weighted by atomic mass is 9.80. The second kappa shape index (κ2) is 3.56. The predicted octanol–water partition coefficient (Wildman–Crippen LogP) is 4.28. The molecule has 0 amide bonds. The maximum atomic E-state index is 11.6. The van der Waals surface area contributed by atoms with E-state index in [4.69, 9.17) is 0 Å². The van der Waals surface area contributed by atoms with Gasteiger partial charge in [0.2, 0.25) is 0 Å². The highest BCUT2D eigenvalue weighted by molar-refractivity contribution is 5.97. The number of Topliss-reactive ketones (excluding diaryl/α,β-unsaturated/α-hetero) is 1. The van der Waals surface area contributed by atoms with Gasteiger partial charge in [0.05, 0.1) is 0 Å². The topological polar surface area (TPSA) is 17.1 Å². The molecule has 0 N–H and O–H groups in total. The number of ketones is 1. The monoisotopic (exact) mass is 228 g/mol. The van der Waals surface area contributed by atoms with Crippen LogP contribution < -0.4 is 0 Å². The molecule has 1 nitrogen and oxygen atoms in total. The molecule has 0 saturated carbocycles. The van der Waals surface area contributed by atoms with Crippen LogP contribution in [0.25, 0.3) is 5.57 Å². The van der Waals surface area contributed by atoms with Gasteiger partial charge in [0.25, 0.3) is 0 Å². The average molecular weight is 228 g/mol. The highest BCUT2D eigenvalue weighted by atomic mass is 16.1. The SMILES string of the molecule is CC(=O)c1cc2c(cc1C)C(C)=C(C)C2(C)C. The molecule has 0 unspecified atom stereocenters. The van der Waals surface area contributed by atoms with Crippen LogP contribution in [-0.4, -0.2) is 5.78 Å². The van der Waals surface area contributed by atoms with E-state index in [0.717, 1.165) is 11.1 Å². The zero-order valence-corrected chi connectivity index (χ0v) is 11.6. The Morgan fingerprint density at radius 3 is 2.24 bits per heavy atom. The van der Waals surface area contributed by atoms with E-state index in [0.29, 0.717) is 0 Å². The van der Waals surface area contributed by atoms with Crippen molar-refractivity contribution >= 4 is 11.4 Å². The minimum atomic E-state index is 0.0529. The van der Waals surface area contributed by atoms with Gasteiger partial charge in [-0.1, -0.05) is 25.5 Å². The number of fused-ring (bicyclic) bond motifs is 1. The number of benzene rings is 1. The van der Waals surface area contributed by atoms with Crippen LogP contribution in [-0.2, 0) is 5.41 Å². The lowest BCUT2D eigenvalue weighted by Crippen LogP contribution is -2.16. The van der Waals surface area contributed by atoms with Crippen molar-refractivity contribution in [3.63, 3.8) is 0 Å². The summed E-state index contributed by atoms with van der Waals surface area (Å²) in [5.41, 5.74) is 7.38. The van der Waals surface area contributed by atoms with E-state index in [2.05, 4.69) is 39.8 Å². The molecule has 0 saturated heterocycles. The summed E-state index contributed by atoms with van der Waals surface area (Å²) in [5, 5.41) is 0. The predicted molar refractivity (Wildman–Crippen MR) is 72.5 cm³/mol. The first-order valence-corrected chi connectivity index (χ1v) is 6.11. The van der Waals surface area contributed by atoms with E-state index in [-0.39, 0.29) is 11.2 Å². The fraction of sp³-hybridized carbons (Fsp3) is 0.438. The van der Waals surface area contributed by atoms with Crippen molar-refractivity contribution in [2.45, 2.75) is 47.0 Å². The van der Waals surface area contributed by atoms with Crippen LogP contribution in [0.4, 0.5) is 0 Å². The molecule has 0 aliphatic heterocycles. The van der Waals surface area contributed by atoms with Crippen LogP contribution in [0.15, 0.2) is 17.7 Å². The first-order valence-electron chi connectivity index (χ1n) is 6.11. The number of allylic oxidation sites excluding steroid dienone is 2. The number of hydrogen-bond donors (Lipinski definition) is 0. The lowest BCUT2D eigenvalue weighted by molar-refractivity contribution is 0.101. The number of aryl methyl sites for hydroxylation is 1. The van der Waals surface area contributed by atoms with E-state index >= 15 is 0 Å². The summed E-state index contributed by atoms with van der Waals surface area (Å²) >= 11 is 0. The van der Waals surface area contributed by atoms with E-state index in [1.807, 2.05) is 6.92 Å². The van der Waals surface area contributed by atoms with Crippen molar-refractivity contribution in [2.75, 3.05) is 0 Å². The Kier molecular flexibility index (Phi) is 2.53. The lowest BCUT2D eigenvalue weighted by Gasteiger charge is -2.23. The molecule has 0 atom stereocenters. The van der Waals surface area contributed by atoms with Gasteiger partial charge in [0.1, 0.15) is 0 Å². The zero-order valence-electron chi connectivity index (χ0n) is 11.6. The average Bonchev–Trinajstić information content (AvgIpc) is 2.39. The van der Waals surface area contributed by atoms with Gasteiger partial charge < -0.3 is 0 Å². The van der Waals surface area contributed by atoms with Gasteiger partial charge in [-0.2, -0.15) is 0 Å². The first kappa shape index (κ1) is 12.1. The summed E-state index contributed by atoms with van der Waals surface area (Å²) in [5.74, 6) is 0.156. The molecule has 0 bridgehead atoms. The Morgan fingerprint density at radius 1 is 1.12 bits per heavy atom. The number of carbonyl (C=O) groups excluding carboxylic acids is 1. The molecule has 1 aromatic rings. The van der Waals surface area contributed by atoms with Gasteiger partial charge in [0, 0.05) is 11.0 Å². The van der Waals surface area contributed by atoms with Crippen molar-refractivity contribution < 1.29 is 4.79 Å². The van der Waals surface area contributed by atoms with Gasteiger partial charge in [0.15, 0.2) is 5.78 Å². The van der Waals surface area contributed by atoms with Crippen molar-refractivity contribution in [1.82, 2.24) is 0 Å². The van der Waals surface area contributed by atoms with Crippen LogP contribution in [0.5, 0.6) is 0 Å². The summed E-state index contributed by atoms with van der Waals surface area (Å²) in [6, 6.07) is 4.26. The van der Waals surface area contributed by atoms with Gasteiger partial charge in [-0.15, -0.1) is 0 Å². The van der Waals surface area contributed by atoms with Gasteiger partial charge in [-0.25, -0.2) is 0 Å². The summed E-state index contributed by atoms with van der Waals surface area (Å²) in [4.78, 5) is 11.6. The van der Waals surface area contributed by atoms with Crippen LogP contribution in [0.1, 0.15) is 61.7 Å². The minimum absolute atomic E-state index is 0.0529. The molecule has 2 rings (SSSR count). The molecule has 0 radical (unpaired) electrons. The maximum absolute atomic E-state index is 11.6. The maximum Gasteiger partial charge on any atom is 0.160 e. The number of rotatable bonds is 1.